The van der Waals surface area contributed by atoms with Gasteiger partial charge in [-0.3, -0.25) is 4.79 Å². The summed E-state index contributed by atoms with van der Waals surface area (Å²) in [5.41, 5.74) is 6.80. The summed E-state index contributed by atoms with van der Waals surface area (Å²) in [7, 11) is -3.57. The first-order valence-corrected chi connectivity index (χ1v) is 8.53. The maximum absolute atomic E-state index is 12.5. The second kappa shape index (κ2) is 6.44. The Morgan fingerprint density at radius 3 is 2.71 bits per heavy atom. The van der Waals surface area contributed by atoms with E-state index in [-0.39, 0.29) is 24.9 Å². The fourth-order valence-electron chi connectivity index (χ4n) is 2.13. The first-order valence-electron chi connectivity index (χ1n) is 6.92. The van der Waals surface area contributed by atoms with Gasteiger partial charge in [0.1, 0.15) is 6.54 Å². The average Bonchev–Trinajstić information content (AvgIpc) is 3.19. The van der Waals surface area contributed by atoms with Crippen LogP contribution in [-0.2, 0) is 25.3 Å². The molecule has 0 bridgehead atoms. The molecule has 21 heavy (non-hydrogen) atoms. The van der Waals surface area contributed by atoms with Crippen LogP contribution in [0.3, 0.4) is 0 Å². The molecular formula is C14H20N2O4S. The minimum Gasteiger partial charge on any atom is -0.465 e. The standard InChI is InChI=1S/C14H20N2O4S/c1-2-20-14(17)9-16(13-6-7-13)21(18,19)10-11-4-3-5-12(15)8-11/h3-5,8,13H,2,6-7,9-10,15H2,1H3. The highest BCUT2D eigenvalue weighted by Gasteiger charge is 2.38. The zero-order chi connectivity index (χ0) is 15.5. The molecule has 1 aromatic rings. The second-order valence-corrected chi connectivity index (χ2v) is 7.00. The Morgan fingerprint density at radius 2 is 2.14 bits per heavy atom. The summed E-state index contributed by atoms with van der Waals surface area (Å²) in [6.07, 6.45) is 1.57. The SMILES string of the molecule is CCOC(=O)CN(C1CC1)S(=O)(=O)Cc1cccc(N)c1. The Hall–Kier alpha value is -1.60. The van der Waals surface area contributed by atoms with Crippen LogP contribution in [0.2, 0.25) is 0 Å². The number of esters is 1. The molecule has 6 nitrogen and oxygen atoms in total. The largest absolute Gasteiger partial charge is 0.465 e. The van der Waals surface area contributed by atoms with Gasteiger partial charge in [-0.25, -0.2) is 8.42 Å². The quantitative estimate of drug-likeness (QED) is 0.602. The number of nitrogen functional groups attached to an aromatic ring is 1. The van der Waals surface area contributed by atoms with Gasteiger partial charge in [0, 0.05) is 11.7 Å². The van der Waals surface area contributed by atoms with Crippen molar-refractivity contribution in [3.63, 3.8) is 0 Å². The predicted octanol–water partition coefficient (Wildman–Crippen LogP) is 1.13. The highest BCUT2D eigenvalue weighted by atomic mass is 32.2. The Labute approximate surface area is 124 Å². The molecule has 0 heterocycles. The molecule has 0 aromatic heterocycles. The van der Waals surface area contributed by atoms with Crippen molar-refractivity contribution in [2.24, 2.45) is 0 Å². The van der Waals surface area contributed by atoms with Crippen molar-refractivity contribution in [1.82, 2.24) is 4.31 Å². The van der Waals surface area contributed by atoms with Gasteiger partial charge in [-0.05, 0) is 37.5 Å². The summed E-state index contributed by atoms with van der Waals surface area (Å²) in [6, 6.07) is 6.68. The first-order chi connectivity index (χ1) is 9.92. The van der Waals surface area contributed by atoms with Gasteiger partial charge < -0.3 is 10.5 Å². The molecule has 0 unspecified atom stereocenters. The smallest absolute Gasteiger partial charge is 0.321 e. The predicted molar refractivity (Wildman–Crippen MR) is 79.8 cm³/mol. The Balaban J connectivity index is 2.12. The van der Waals surface area contributed by atoms with Crippen molar-refractivity contribution in [2.45, 2.75) is 31.6 Å². The lowest BCUT2D eigenvalue weighted by molar-refractivity contribution is -0.143. The number of anilines is 1. The maximum atomic E-state index is 12.5. The first kappa shape index (κ1) is 15.8. The van der Waals surface area contributed by atoms with Crippen LogP contribution in [0.4, 0.5) is 5.69 Å². The molecule has 0 aliphatic heterocycles. The van der Waals surface area contributed by atoms with Crippen molar-refractivity contribution >= 4 is 21.7 Å². The van der Waals surface area contributed by atoms with Gasteiger partial charge in [-0.1, -0.05) is 12.1 Å². The Kier molecular flexibility index (Phi) is 4.84. The number of rotatable bonds is 7. The molecule has 1 aliphatic rings. The third-order valence-electron chi connectivity index (χ3n) is 3.20. The molecule has 116 valence electrons. The molecule has 0 atom stereocenters. The Bertz CT molecular complexity index is 611. The van der Waals surface area contributed by atoms with Gasteiger partial charge in [0.05, 0.1) is 12.4 Å². The van der Waals surface area contributed by atoms with Crippen molar-refractivity contribution in [3.05, 3.63) is 29.8 Å². The van der Waals surface area contributed by atoms with E-state index in [1.807, 2.05) is 0 Å². The van der Waals surface area contributed by atoms with Gasteiger partial charge >= 0.3 is 5.97 Å². The van der Waals surface area contributed by atoms with E-state index in [9.17, 15) is 13.2 Å². The van der Waals surface area contributed by atoms with Crippen LogP contribution in [0.15, 0.2) is 24.3 Å². The number of sulfonamides is 1. The molecule has 2 N–H and O–H groups in total. The number of nitrogens with zero attached hydrogens (tertiary/aromatic N) is 1. The summed E-state index contributed by atoms with van der Waals surface area (Å²) in [5.74, 6) is -0.672. The third-order valence-corrected chi connectivity index (χ3v) is 5.04. The lowest BCUT2D eigenvalue weighted by Crippen LogP contribution is -2.38. The number of carbonyl (C=O) groups excluding carboxylic acids is 1. The van der Waals surface area contributed by atoms with Gasteiger partial charge in [0.2, 0.25) is 10.0 Å². The van der Waals surface area contributed by atoms with Crippen LogP contribution in [-0.4, -0.2) is 37.9 Å². The minimum absolute atomic E-state index is 0.0829. The molecule has 1 aliphatic carbocycles. The normalized spacial score (nSPS) is 15.1. The van der Waals surface area contributed by atoms with Crippen LogP contribution < -0.4 is 5.73 Å². The van der Waals surface area contributed by atoms with Crippen molar-refractivity contribution in [3.8, 4) is 0 Å². The molecule has 0 amide bonds. The van der Waals surface area contributed by atoms with Crippen LogP contribution in [0, 0.1) is 0 Å². The van der Waals surface area contributed by atoms with Crippen LogP contribution in [0.5, 0.6) is 0 Å². The summed E-state index contributed by atoms with van der Waals surface area (Å²) < 4.78 is 31.1. The topological polar surface area (TPSA) is 89.7 Å². The molecule has 1 fully saturated rings. The fraction of sp³-hybridized carbons (Fsp3) is 0.500. The van der Waals surface area contributed by atoms with Gasteiger partial charge in [-0.15, -0.1) is 0 Å². The maximum Gasteiger partial charge on any atom is 0.321 e. The molecule has 2 rings (SSSR count). The van der Waals surface area contributed by atoms with Gasteiger partial charge in [0.25, 0.3) is 0 Å². The molecule has 0 spiro atoms. The van der Waals surface area contributed by atoms with Crippen LogP contribution >= 0.6 is 0 Å². The number of nitrogens with two attached hydrogens (primary N) is 1. The van der Waals surface area contributed by atoms with E-state index in [0.29, 0.717) is 11.3 Å². The second-order valence-electron chi connectivity index (χ2n) is 5.08. The van der Waals surface area contributed by atoms with Crippen LogP contribution in [0.25, 0.3) is 0 Å². The van der Waals surface area contributed by atoms with E-state index in [0.717, 1.165) is 12.8 Å². The molecule has 0 saturated heterocycles. The number of hydrogen-bond donors (Lipinski definition) is 1. The van der Waals surface area contributed by atoms with Crippen molar-refractivity contribution in [1.29, 1.82) is 0 Å². The number of benzene rings is 1. The zero-order valence-electron chi connectivity index (χ0n) is 12.0. The van der Waals surface area contributed by atoms with E-state index < -0.39 is 16.0 Å². The Morgan fingerprint density at radius 1 is 1.43 bits per heavy atom. The van der Waals surface area contributed by atoms with Gasteiger partial charge in [0.15, 0.2) is 0 Å². The van der Waals surface area contributed by atoms with E-state index in [1.165, 1.54) is 4.31 Å². The summed E-state index contributed by atoms with van der Waals surface area (Å²) in [4.78, 5) is 11.6. The van der Waals surface area contributed by atoms with Crippen LogP contribution in [0.1, 0.15) is 25.3 Å². The molecule has 7 heteroatoms. The number of ether oxygens (including phenoxy) is 1. The minimum atomic E-state index is -3.57. The highest BCUT2D eigenvalue weighted by molar-refractivity contribution is 7.88. The zero-order valence-corrected chi connectivity index (χ0v) is 12.8. The van der Waals surface area contributed by atoms with E-state index >= 15 is 0 Å². The summed E-state index contributed by atoms with van der Waals surface area (Å²) >= 11 is 0. The number of carbonyl (C=O) groups is 1. The molecule has 1 aromatic carbocycles. The van der Waals surface area contributed by atoms with E-state index in [4.69, 9.17) is 10.5 Å². The molecular weight excluding hydrogens is 292 g/mol. The van der Waals surface area contributed by atoms with Crippen molar-refractivity contribution in [2.75, 3.05) is 18.9 Å². The molecule has 1 saturated carbocycles. The summed E-state index contributed by atoms with van der Waals surface area (Å²) in [6.45, 7) is 1.72. The third kappa shape index (κ3) is 4.44. The highest BCUT2D eigenvalue weighted by Crippen LogP contribution is 2.30. The van der Waals surface area contributed by atoms with E-state index in [2.05, 4.69) is 0 Å². The molecule has 0 radical (unpaired) electrons. The lowest BCUT2D eigenvalue weighted by Gasteiger charge is -2.21. The lowest BCUT2D eigenvalue weighted by atomic mass is 10.2. The number of hydrogen-bond acceptors (Lipinski definition) is 5. The monoisotopic (exact) mass is 312 g/mol. The van der Waals surface area contributed by atoms with Crippen molar-refractivity contribution < 1.29 is 17.9 Å². The average molecular weight is 312 g/mol. The fourth-order valence-corrected chi connectivity index (χ4v) is 3.86. The van der Waals surface area contributed by atoms with E-state index in [1.54, 1.807) is 31.2 Å². The van der Waals surface area contributed by atoms with Gasteiger partial charge in [-0.2, -0.15) is 4.31 Å². The summed E-state index contributed by atoms with van der Waals surface area (Å²) in [5, 5.41) is 0.